The smallest absolute Gasteiger partial charge is 0.284 e. The fourth-order valence-electron chi connectivity index (χ4n) is 3.21. The van der Waals surface area contributed by atoms with Crippen LogP contribution in [0, 0.1) is 11.6 Å². The van der Waals surface area contributed by atoms with Crippen molar-refractivity contribution in [1.82, 2.24) is 19.3 Å². The molecule has 3 aromatic rings. The zero-order chi connectivity index (χ0) is 21.3. The van der Waals surface area contributed by atoms with Gasteiger partial charge in [-0.25, -0.2) is 13.8 Å². The van der Waals surface area contributed by atoms with Crippen LogP contribution in [0.1, 0.15) is 36.1 Å². The largest absolute Gasteiger partial charge is 0.383 e. The second kappa shape index (κ2) is 8.12. The fraction of sp³-hybridized carbons (Fsp3) is 0.350. The number of halogens is 2. The summed E-state index contributed by atoms with van der Waals surface area (Å²) in [6.07, 6.45) is 2.99. The number of hydrogen-bond acceptors (Lipinski definition) is 4. The summed E-state index contributed by atoms with van der Waals surface area (Å²) in [4.78, 5) is 15.3. The number of rotatable bonds is 7. The molecule has 7 nitrogen and oxygen atoms in total. The van der Waals surface area contributed by atoms with E-state index >= 15 is 4.39 Å². The molecule has 1 amide bonds. The van der Waals surface area contributed by atoms with Gasteiger partial charge in [0.15, 0.2) is 17.5 Å². The maximum absolute atomic E-state index is 15.1. The van der Waals surface area contributed by atoms with Crippen LogP contribution in [0.25, 0.3) is 22.4 Å². The average molecular weight is 403 g/mol. The van der Waals surface area contributed by atoms with Gasteiger partial charge in [-0.15, -0.1) is 0 Å². The van der Waals surface area contributed by atoms with Gasteiger partial charge in [-0.05, 0) is 12.0 Å². The van der Waals surface area contributed by atoms with E-state index in [-0.39, 0.29) is 28.6 Å². The van der Waals surface area contributed by atoms with Crippen LogP contribution >= 0.6 is 0 Å². The predicted octanol–water partition coefficient (Wildman–Crippen LogP) is 3.10. The summed E-state index contributed by atoms with van der Waals surface area (Å²) in [5.74, 6) is -2.78. The molecule has 0 bridgehead atoms. The van der Waals surface area contributed by atoms with Gasteiger partial charge in [0.05, 0.1) is 30.7 Å². The minimum Gasteiger partial charge on any atom is -0.383 e. The first-order valence-corrected chi connectivity index (χ1v) is 9.12. The highest BCUT2D eigenvalue weighted by atomic mass is 19.2. The van der Waals surface area contributed by atoms with Crippen molar-refractivity contribution in [1.29, 1.82) is 0 Å². The van der Waals surface area contributed by atoms with Crippen LogP contribution in [0.5, 0.6) is 0 Å². The van der Waals surface area contributed by atoms with Crippen molar-refractivity contribution in [2.75, 3.05) is 13.7 Å². The molecule has 1 aromatic carbocycles. The molecule has 0 saturated heterocycles. The van der Waals surface area contributed by atoms with Crippen LogP contribution in [-0.4, -0.2) is 39.0 Å². The Morgan fingerprint density at radius 3 is 2.45 bits per heavy atom. The Morgan fingerprint density at radius 1 is 1.21 bits per heavy atom. The molecular formula is C20H23F2N5O2. The third-order valence-corrected chi connectivity index (χ3v) is 4.72. The Kier molecular flexibility index (Phi) is 5.78. The molecule has 0 saturated carbocycles. The molecule has 29 heavy (non-hydrogen) atoms. The fourth-order valence-corrected chi connectivity index (χ4v) is 3.21. The highest BCUT2D eigenvalue weighted by Gasteiger charge is 2.23. The van der Waals surface area contributed by atoms with Crippen molar-refractivity contribution in [3.63, 3.8) is 0 Å². The number of benzene rings is 1. The number of carbonyl (C=O) groups excluding carboxylic acids is 1. The lowest BCUT2D eigenvalue weighted by Crippen LogP contribution is -2.17. The number of ether oxygens (including phenoxy) is 1. The van der Waals surface area contributed by atoms with Crippen molar-refractivity contribution in [2.24, 2.45) is 12.8 Å². The van der Waals surface area contributed by atoms with Crippen molar-refractivity contribution in [3.8, 4) is 22.4 Å². The van der Waals surface area contributed by atoms with Crippen molar-refractivity contribution < 1.29 is 18.3 Å². The maximum Gasteiger partial charge on any atom is 0.284 e. The number of amides is 1. The second-order valence-corrected chi connectivity index (χ2v) is 7.02. The number of aromatic nitrogens is 4. The number of carbonyl (C=O) groups is 1. The number of primary amides is 1. The third kappa shape index (κ3) is 3.77. The lowest BCUT2D eigenvalue weighted by atomic mass is 9.97. The molecular weight excluding hydrogens is 380 g/mol. The van der Waals surface area contributed by atoms with Gasteiger partial charge >= 0.3 is 0 Å². The minimum atomic E-state index is -1.03. The molecule has 154 valence electrons. The molecule has 0 unspecified atom stereocenters. The Morgan fingerprint density at radius 2 is 1.86 bits per heavy atom. The Labute approximate surface area is 167 Å². The molecule has 0 fully saturated rings. The van der Waals surface area contributed by atoms with Crippen LogP contribution < -0.4 is 5.73 Å². The molecule has 0 atom stereocenters. The van der Waals surface area contributed by atoms with E-state index in [0.29, 0.717) is 24.4 Å². The van der Waals surface area contributed by atoms with Gasteiger partial charge in [0.2, 0.25) is 0 Å². The van der Waals surface area contributed by atoms with Gasteiger partial charge in [0.1, 0.15) is 0 Å². The second-order valence-electron chi connectivity index (χ2n) is 7.02. The zero-order valence-electron chi connectivity index (χ0n) is 16.7. The zero-order valence-corrected chi connectivity index (χ0v) is 16.7. The van der Waals surface area contributed by atoms with Crippen molar-refractivity contribution in [3.05, 3.63) is 47.7 Å². The van der Waals surface area contributed by atoms with Gasteiger partial charge in [-0.3, -0.25) is 9.48 Å². The van der Waals surface area contributed by atoms with E-state index in [9.17, 15) is 9.18 Å². The number of methoxy groups -OCH3 is 1. The summed E-state index contributed by atoms with van der Waals surface area (Å²) >= 11 is 0. The van der Waals surface area contributed by atoms with Gasteiger partial charge in [0.25, 0.3) is 5.91 Å². The molecule has 0 aliphatic carbocycles. The van der Waals surface area contributed by atoms with Crippen LogP contribution in [0.15, 0.2) is 24.5 Å². The first kappa shape index (κ1) is 20.7. The monoisotopic (exact) mass is 403 g/mol. The van der Waals surface area contributed by atoms with Gasteiger partial charge in [-0.2, -0.15) is 5.10 Å². The Hall–Kier alpha value is -3.07. The molecule has 0 radical (unpaired) electrons. The van der Waals surface area contributed by atoms with Crippen LogP contribution in [0.4, 0.5) is 8.78 Å². The van der Waals surface area contributed by atoms with E-state index in [0.717, 1.165) is 0 Å². The molecule has 2 N–H and O–H groups in total. The summed E-state index contributed by atoms with van der Waals surface area (Å²) in [6.45, 7) is 4.84. The van der Waals surface area contributed by atoms with Crippen LogP contribution in [0.2, 0.25) is 0 Å². The van der Waals surface area contributed by atoms with Crippen molar-refractivity contribution >= 4 is 5.91 Å². The minimum absolute atomic E-state index is 0.00776. The van der Waals surface area contributed by atoms with E-state index in [4.69, 9.17) is 10.5 Å². The first-order valence-electron chi connectivity index (χ1n) is 9.12. The third-order valence-electron chi connectivity index (χ3n) is 4.72. The highest BCUT2D eigenvalue weighted by molar-refractivity contribution is 5.90. The molecule has 9 heteroatoms. The molecule has 0 aliphatic rings. The van der Waals surface area contributed by atoms with Crippen molar-refractivity contribution in [2.45, 2.75) is 26.3 Å². The summed E-state index contributed by atoms with van der Waals surface area (Å²) in [5.41, 5.74) is 6.81. The average Bonchev–Trinajstić information content (AvgIpc) is 3.26. The SMILES string of the molecule is COCCn1cc(-c2ccc(-c3cnc(C(N)=O)n3C)c(F)c2F)c(C(C)C)n1. The quantitative estimate of drug-likeness (QED) is 0.657. The first-order chi connectivity index (χ1) is 13.8. The maximum atomic E-state index is 15.1. The van der Waals surface area contributed by atoms with Gasteiger partial charge in [-0.1, -0.05) is 19.9 Å². The van der Waals surface area contributed by atoms with E-state index in [1.807, 2.05) is 13.8 Å². The summed E-state index contributed by atoms with van der Waals surface area (Å²) in [6, 6.07) is 2.97. The topological polar surface area (TPSA) is 88.0 Å². The Balaban J connectivity index is 2.09. The summed E-state index contributed by atoms with van der Waals surface area (Å²) in [5, 5.41) is 4.49. The summed E-state index contributed by atoms with van der Waals surface area (Å²) in [7, 11) is 3.11. The van der Waals surface area contributed by atoms with Crippen LogP contribution in [0.3, 0.4) is 0 Å². The molecule has 0 spiro atoms. The van der Waals surface area contributed by atoms with Crippen LogP contribution in [-0.2, 0) is 18.3 Å². The molecule has 0 aliphatic heterocycles. The molecule has 2 heterocycles. The molecule has 3 rings (SSSR count). The van der Waals surface area contributed by atoms with Gasteiger partial charge < -0.3 is 15.0 Å². The summed E-state index contributed by atoms with van der Waals surface area (Å²) < 4.78 is 38.1. The number of hydrogen-bond donors (Lipinski definition) is 1. The Bertz CT molecular complexity index is 1060. The lowest BCUT2D eigenvalue weighted by Gasteiger charge is -2.11. The molecule has 2 aromatic heterocycles. The van der Waals surface area contributed by atoms with E-state index in [1.54, 1.807) is 18.0 Å². The van der Waals surface area contributed by atoms with E-state index in [1.165, 1.54) is 29.9 Å². The number of nitrogens with zero attached hydrogens (tertiary/aromatic N) is 4. The number of imidazole rings is 1. The number of nitrogens with two attached hydrogens (primary N) is 1. The standard InChI is InChI=1S/C20H23F2N5O2/c1-11(2)18-14(10-27(25-18)7-8-29-4)12-5-6-13(17(22)16(12)21)15-9-24-20(19(23)28)26(15)3/h5-6,9-11H,7-8H2,1-4H3,(H2,23,28). The van der Waals surface area contributed by atoms with Gasteiger partial charge in [0, 0.05) is 37.0 Å². The lowest BCUT2D eigenvalue weighted by molar-refractivity contribution is 0.0987. The van der Waals surface area contributed by atoms with E-state index in [2.05, 4.69) is 10.1 Å². The van der Waals surface area contributed by atoms with E-state index < -0.39 is 17.5 Å². The highest BCUT2D eigenvalue weighted by Crippen LogP contribution is 2.35. The normalized spacial score (nSPS) is 11.4. The predicted molar refractivity (Wildman–Crippen MR) is 104 cm³/mol.